The van der Waals surface area contributed by atoms with E-state index in [1.54, 1.807) is 31.2 Å². The highest BCUT2D eigenvalue weighted by Crippen LogP contribution is 2.42. The number of alkyl halides is 3. The Labute approximate surface area is 537 Å². The van der Waals surface area contributed by atoms with Gasteiger partial charge in [-0.05, 0) is 183 Å². The van der Waals surface area contributed by atoms with Crippen LogP contribution in [0.15, 0.2) is 91.4 Å². The summed E-state index contributed by atoms with van der Waals surface area (Å²) in [4.78, 5) is 44.9. The molecule has 492 valence electrons. The molecule has 9 aliphatic rings. The number of rotatable bonds is 26. The SMILES string of the molecule is CC(=O)c1cn(CC(C)CN2C3CCC2CC(OCC2CC2)C3)c2ccccc12.CC(C)CC(=O)c1cn(CCCN2C3CCC2CC(OCC2CC2)C3)c2ccccc12.O=C(c1cn(CCCN2C3CCC2CC(OCC2CC2)C3)c2ccccc12)C(F)(F)F. The molecule has 3 aromatic heterocycles. The molecule has 7 unspecified atom stereocenters. The number of aryl methyl sites for hydroxylation is 2. The van der Waals surface area contributed by atoms with E-state index < -0.39 is 12.0 Å². The van der Waals surface area contributed by atoms with E-state index in [-0.39, 0.29) is 17.1 Å². The third-order valence-electron chi connectivity index (χ3n) is 22.1. The van der Waals surface area contributed by atoms with Gasteiger partial charge in [0.2, 0.25) is 0 Å². The summed E-state index contributed by atoms with van der Waals surface area (Å²) in [5.41, 5.74) is 4.56. The number of ketones is 3. The number of nitrogens with zero attached hydrogens (tertiary/aromatic N) is 6. The van der Waals surface area contributed by atoms with Crippen LogP contribution in [-0.2, 0) is 33.8 Å². The van der Waals surface area contributed by atoms with Crippen molar-refractivity contribution in [1.29, 1.82) is 0 Å². The van der Waals surface area contributed by atoms with Gasteiger partial charge in [0.05, 0.1) is 23.9 Å². The zero-order valence-corrected chi connectivity index (χ0v) is 54.7. The quantitative estimate of drug-likeness (QED) is 0.0491. The average molecular weight is 1250 g/mol. The van der Waals surface area contributed by atoms with Crippen molar-refractivity contribution in [2.75, 3.05) is 39.5 Å². The monoisotopic (exact) mass is 1250 g/mol. The maximum Gasteiger partial charge on any atom is 0.454 e. The molecule has 3 aromatic carbocycles. The topological polar surface area (TPSA) is 103 Å². The normalized spacial score (nSPS) is 27.0. The van der Waals surface area contributed by atoms with E-state index in [0.29, 0.717) is 90.3 Å². The minimum Gasteiger partial charge on any atom is -0.378 e. The molecule has 15 rings (SSSR count). The molecule has 9 heterocycles. The minimum absolute atomic E-state index is 0.152. The van der Waals surface area contributed by atoms with E-state index in [4.69, 9.17) is 14.2 Å². The summed E-state index contributed by atoms with van der Waals surface area (Å²) in [6.45, 7) is 17.0. The molecule has 0 spiro atoms. The second kappa shape index (κ2) is 28.4. The number of carbonyl (C=O) groups is 3. The molecule has 0 N–H and O–H groups in total. The number of ether oxygens (including phenoxy) is 3. The summed E-state index contributed by atoms with van der Waals surface area (Å²) >= 11 is 0. The van der Waals surface area contributed by atoms with Gasteiger partial charge in [0, 0.05) is 164 Å². The highest BCUT2D eigenvalue weighted by atomic mass is 19.4. The Morgan fingerprint density at radius 2 is 0.824 bits per heavy atom. The van der Waals surface area contributed by atoms with Crippen molar-refractivity contribution in [3.8, 4) is 0 Å². The third-order valence-corrected chi connectivity index (χ3v) is 22.1. The van der Waals surface area contributed by atoms with E-state index in [2.05, 4.69) is 93.4 Å². The van der Waals surface area contributed by atoms with Gasteiger partial charge in [-0.3, -0.25) is 29.1 Å². The molecule has 7 atom stereocenters. The van der Waals surface area contributed by atoms with Crippen LogP contribution in [0.25, 0.3) is 32.7 Å². The van der Waals surface area contributed by atoms with Crippen LogP contribution in [0.4, 0.5) is 13.2 Å². The van der Waals surface area contributed by atoms with Crippen LogP contribution >= 0.6 is 0 Å². The van der Waals surface area contributed by atoms with Crippen molar-refractivity contribution in [3.05, 3.63) is 108 Å². The molecule has 6 aromatic rings. The van der Waals surface area contributed by atoms with Crippen molar-refractivity contribution in [2.24, 2.45) is 29.6 Å². The number of halogens is 3. The van der Waals surface area contributed by atoms with Crippen LogP contribution < -0.4 is 0 Å². The first-order valence-corrected chi connectivity index (χ1v) is 35.6. The lowest BCUT2D eigenvalue weighted by Gasteiger charge is -2.40. The Hall–Kier alpha value is -5.16. The fourth-order valence-electron chi connectivity index (χ4n) is 17.0. The number of hydrogen-bond acceptors (Lipinski definition) is 9. The van der Waals surface area contributed by atoms with Crippen LogP contribution in [0, 0.1) is 29.6 Å². The molecule has 12 nitrogen and oxygen atoms in total. The third kappa shape index (κ3) is 15.7. The van der Waals surface area contributed by atoms with Gasteiger partial charge in [-0.1, -0.05) is 75.4 Å². The van der Waals surface area contributed by atoms with Crippen LogP contribution in [0.2, 0.25) is 0 Å². The summed E-state index contributed by atoms with van der Waals surface area (Å²) < 4.78 is 64.1. The largest absolute Gasteiger partial charge is 0.454 e. The zero-order valence-electron chi connectivity index (χ0n) is 54.7. The Kier molecular flexibility index (Phi) is 20.2. The van der Waals surface area contributed by atoms with Gasteiger partial charge in [-0.2, -0.15) is 13.2 Å². The molecule has 0 amide bonds. The minimum atomic E-state index is -4.86. The fourth-order valence-corrected chi connectivity index (χ4v) is 17.0. The predicted octanol–water partition coefficient (Wildman–Crippen LogP) is 15.8. The van der Waals surface area contributed by atoms with E-state index in [1.807, 2.05) is 16.7 Å². The molecule has 9 fully saturated rings. The molecule has 6 saturated heterocycles. The highest BCUT2D eigenvalue weighted by Gasteiger charge is 2.45. The first-order chi connectivity index (χ1) is 44.1. The molecule has 3 saturated carbocycles. The van der Waals surface area contributed by atoms with Crippen LogP contribution in [0.5, 0.6) is 0 Å². The van der Waals surface area contributed by atoms with Gasteiger partial charge in [-0.15, -0.1) is 0 Å². The molecule has 6 aliphatic heterocycles. The van der Waals surface area contributed by atoms with Crippen molar-refractivity contribution < 1.29 is 41.8 Å². The number of fused-ring (bicyclic) bond motifs is 9. The second-order valence-electron chi connectivity index (χ2n) is 29.9. The maximum atomic E-state index is 13.0. The Morgan fingerprint density at radius 3 is 1.22 bits per heavy atom. The van der Waals surface area contributed by atoms with Crippen molar-refractivity contribution in [1.82, 2.24) is 28.4 Å². The summed E-state index contributed by atoms with van der Waals surface area (Å²) in [5, 5.41) is 2.57. The summed E-state index contributed by atoms with van der Waals surface area (Å²) in [7, 11) is 0. The van der Waals surface area contributed by atoms with E-state index in [9.17, 15) is 27.6 Å². The van der Waals surface area contributed by atoms with Gasteiger partial charge < -0.3 is 27.9 Å². The molecule has 0 radical (unpaired) electrons. The number of aromatic nitrogens is 3. The Balaban J connectivity index is 0.000000125. The van der Waals surface area contributed by atoms with Gasteiger partial charge in [0.1, 0.15) is 0 Å². The number of hydrogen-bond donors (Lipinski definition) is 0. The Bertz CT molecular complexity index is 3420. The second-order valence-corrected chi connectivity index (χ2v) is 29.9. The van der Waals surface area contributed by atoms with Crippen LogP contribution in [-0.4, -0.2) is 146 Å². The number of carbonyl (C=O) groups excluding carboxylic acids is 3. The van der Waals surface area contributed by atoms with E-state index in [1.165, 1.54) is 120 Å². The van der Waals surface area contributed by atoms with Crippen LogP contribution in [0.3, 0.4) is 0 Å². The smallest absolute Gasteiger partial charge is 0.378 e. The first-order valence-electron chi connectivity index (χ1n) is 35.6. The molecule has 3 aliphatic carbocycles. The maximum absolute atomic E-state index is 13.0. The molecular weight excluding hydrogens is 1150 g/mol. The lowest BCUT2D eigenvalue weighted by molar-refractivity contribution is -0.0884. The fraction of sp³-hybridized carbons (Fsp3) is 0.645. The van der Waals surface area contributed by atoms with E-state index in [0.717, 1.165) is 118 Å². The first kappa shape index (κ1) is 64.5. The summed E-state index contributed by atoms with van der Waals surface area (Å²) in [5.74, 6) is 2.12. The molecule has 91 heavy (non-hydrogen) atoms. The lowest BCUT2D eigenvalue weighted by Crippen LogP contribution is -2.47. The van der Waals surface area contributed by atoms with Gasteiger partial charge in [0.25, 0.3) is 5.78 Å². The van der Waals surface area contributed by atoms with Gasteiger partial charge >= 0.3 is 6.18 Å². The highest BCUT2D eigenvalue weighted by molar-refractivity contribution is 6.11. The summed E-state index contributed by atoms with van der Waals surface area (Å²) in [6.07, 6.45) is 27.7. The number of benzene rings is 3. The van der Waals surface area contributed by atoms with Crippen LogP contribution in [0.1, 0.15) is 194 Å². The van der Waals surface area contributed by atoms with Crippen molar-refractivity contribution in [2.45, 2.75) is 243 Å². The van der Waals surface area contributed by atoms with Crippen molar-refractivity contribution >= 4 is 50.1 Å². The predicted molar refractivity (Wildman–Crippen MR) is 354 cm³/mol. The summed E-state index contributed by atoms with van der Waals surface area (Å²) in [6, 6.07) is 27.5. The number of Topliss-reactive ketones (excluding diaryl/α,β-unsaturated/α-hetero) is 3. The zero-order chi connectivity index (χ0) is 62.9. The van der Waals surface area contributed by atoms with Crippen molar-refractivity contribution in [3.63, 3.8) is 0 Å². The van der Waals surface area contributed by atoms with Gasteiger partial charge in [-0.25, -0.2) is 0 Å². The Morgan fingerprint density at radius 1 is 0.462 bits per heavy atom. The number of piperidine rings is 3. The standard InChI is InChI=1S/C27H38N2O2.C25H34N2O2.C24H29F3N2O2/c1-19(2)14-27(30)25-17-28(26-7-4-3-6-24(25)26)12-5-13-29-21-10-11-22(29)16-23(15-21)31-18-20-8-9-20;1-17(13-26-15-24(18(2)28)23-5-3-4-6-25(23)26)14-27-20-9-10-21(27)12-22(11-20)29-16-19-7-8-19;25-24(26,27)23(30)21-14-28(22-5-2-1-4-20(21)22)10-3-11-29-17-8-9-18(29)13-19(12-17)31-15-16-6-7-16/h3-4,6-7,17,19-23H,5,8-16,18H2,1-2H3;3-6,15,17,19-22H,7-14,16H2,1-2H3;1-2,4-5,14,16-19H,3,6-13,15H2. The van der Waals surface area contributed by atoms with E-state index >= 15 is 0 Å². The molecule has 15 heteroatoms. The lowest BCUT2D eigenvalue weighted by atomic mass is 9.98. The molecule has 6 bridgehead atoms. The number of para-hydroxylation sites is 3. The van der Waals surface area contributed by atoms with Gasteiger partial charge in [0.15, 0.2) is 11.6 Å². The molecular formula is C76H101F3N6O6. The average Bonchev–Trinajstić information content (AvgIpc) is 1.77.